The molecule has 11 nitrogen and oxygen atoms in total. The van der Waals surface area contributed by atoms with Crippen LogP contribution in [0.1, 0.15) is 30.9 Å². The molecule has 0 bridgehead atoms. The molecular formula is C27H25Cl2F2N5O6. The third kappa shape index (κ3) is 5.59. The summed E-state index contributed by atoms with van der Waals surface area (Å²) in [6, 6.07) is 5.93. The van der Waals surface area contributed by atoms with Gasteiger partial charge < -0.3 is 30.1 Å². The van der Waals surface area contributed by atoms with Gasteiger partial charge >= 0.3 is 0 Å². The van der Waals surface area contributed by atoms with Crippen molar-refractivity contribution in [3.63, 3.8) is 0 Å². The molecule has 5 rings (SSSR count). The van der Waals surface area contributed by atoms with E-state index in [0.29, 0.717) is 19.3 Å². The van der Waals surface area contributed by atoms with Gasteiger partial charge in [0.15, 0.2) is 6.10 Å². The lowest BCUT2D eigenvalue weighted by atomic mass is 9.91. The molecule has 1 aliphatic heterocycles. The maximum absolute atomic E-state index is 14.1. The van der Waals surface area contributed by atoms with Crippen LogP contribution in [0.15, 0.2) is 36.5 Å². The Kier molecular flexibility index (Phi) is 8.77. The van der Waals surface area contributed by atoms with Crippen LogP contribution in [0.4, 0.5) is 14.5 Å². The number of ether oxygens (including phenoxy) is 1. The van der Waals surface area contributed by atoms with Crippen LogP contribution in [-0.4, -0.2) is 84.5 Å². The summed E-state index contributed by atoms with van der Waals surface area (Å²) in [6.07, 6.45) is -4.74. The number of anilines is 1. The van der Waals surface area contributed by atoms with Gasteiger partial charge in [-0.05, 0) is 49.6 Å². The van der Waals surface area contributed by atoms with Gasteiger partial charge in [-0.2, -0.15) is 5.26 Å². The number of nitrogens with zero attached hydrogens (tertiary/aromatic N) is 5. The lowest BCUT2D eigenvalue weighted by Gasteiger charge is -2.43. The molecular weight excluding hydrogens is 599 g/mol. The van der Waals surface area contributed by atoms with Crippen LogP contribution in [0.5, 0.6) is 0 Å². The smallest absolute Gasteiger partial charge is 0.259 e. The largest absolute Gasteiger partial charge is 0.394 e. The Balaban J connectivity index is 1.52. The first-order valence-electron chi connectivity index (χ1n) is 12.9. The van der Waals surface area contributed by atoms with Crippen LogP contribution in [-0.2, 0) is 9.53 Å². The molecule has 15 heteroatoms. The standard InChI is InChI=1S/C27H25Cl2F2N5O6/c28-14-4-12(9-32)5-15(8-14)36(19-2-1-3-20(19)38)27(41)26-25(40)23(24(39)21(11-37)42-26)35-10-18(33-34-35)13-6-16(30)22(29)17(31)7-13/h4-8,10,19-21,23-26,37-40H,1-3,11H2/t19-,20-,21+,23-,24-,25+,26+/m0/s1. The molecule has 1 aromatic heterocycles. The van der Waals surface area contributed by atoms with E-state index in [0.717, 1.165) is 16.8 Å². The zero-order valence-corrected chi connectivity index (χ0v) is 23.2. The fraction of sp³-hybridized carbons (Fsp3) is 0.407. The van der Waals surface area contributed by atoms with E-state index in [2.05, 4.69) is 10.3 Å². The number of carbonyl (C=O) groups is 1. The second-order valence-corrected chi connectivity index (χ2v) is 11.0. The van der Waals surface area contributed by atoms with E-state index in [-0.39, 0.29) is 27.5 Å². The maximum atomic E-state index is 14.1. The van der Waals surface area contributed by atoms with E-state index in [1.54, 1.807) is 0 Å². The van der Waals surface area contributed by atoms with Gasteiger partial charge in [-0.3, -0.25) is 4.79 Å². The highest BCUT2D eigenvalue weighted by Crippen LogP contribution is 2.36. The zero-order chi connectivity index (χ0) is 30.3. The average molecular weight is 624 g/mol. The number of aromatic nitrogens is 3. The van der Waals surface area contributed by atoms with Gasteiger partial charge in [0.25, 0.3) is 5.91 Å². The van der Waals surface area contributed by atoms with Crippen molar-refractivity contribution in [2.24, 2.45) is 0 Å². The Labute approximate surface area is 248 Å². The number of hydrogen-bond acceptors (Lipinski definition) is 9. The van der Waals surface area contributed by atoms with Crippen LogP contribution < -0.4 is 4.90 Å². The number of amides is 1. The van der Waals surface area contributed by atoms with Crippen molar-refractivity contribution in [2.75, 3.05) is 11.5 Å². The van der Waals surface area contributed by atoms with E-state index in [4.69, 9.17) is 27.9 Å². The van der Waals surface area contributed by atoms with E-state index < -0.39 is 71.8 Å². The van der Waals surface area contributed by atoms with Crippen molar-refractivity contribution >= 4 is 34.8 Å². The summed E-state index contributed by atoms with van der Waals surface area (Å²) in [6.45, 7) is -0.745. The molecule has 222 valence electrons. The van der Waals surface area contributed by atoms with Crippen molar-refractivity contribution in [3.05, 3.63) is 63.8 Å². The summed E-state index contributed by atoms with van der Waals surface area (Å²) < 4.78 is 34.8. The highest BCUT2D eigenvalue weighted by Gasteiger charge is 2.51. The SMILES string of the molecule is N#Cc1cc(Cl)cc(N(C(=O)[C@@H]2O[C@H](CO)[C@H](O)[C@H](n3cc(-c4cc(F)c(Cl)c(F)c4)nn3)[C@H]2O)[C@H]2CCC[C@@H]2O)c1. The Bertz CT molecular complexity index is 1510. The number of halogens is 4. The quantitative estimate of drug-likeness (QED) is 0.302. The van der Waals surface area contributed by atoms with Gasteiger partial charge in [-0.1, -0.05) is 28.4 Å². The summed E-state index contributed by atoms with van der Waals surface area (Å²) in [4.78, 5) is 15.3. The molecule has 2 fully saturated rings. The van der Waals surface area contributed by atoms with Crippen molar-refractivity contribution < 1.29 is 38.7 Å². The molecule has 0 radical (unpaired) electrons. The molecule has 42 heavy (non-hydrogen) atoms. The number of benzene rings is 2. The van der Waals surface area contributed by atoms with Gasteiger partial charge in [-0.25, -0.2) is 13.5 Å². The summed E-state index contributed by atoms with van der Waals surface area (Å²) in [5, 5.41) is 59.8. The van der Waals surface area contributed by atoms with Gasteiger partial charge in [-0.15, -0.1) is 5.10 Å². The molecule has 1 amide bonds. The first-order valence-corrected chi connectivity index (χ1v) is 13.7. The number of hydrogen-bond donors (Lipinski definition) is 4. The Morgan fingerprint density at radius 2 is 1.83 bits per heavy atom. The van der Waals surface area contributed by atoms with Gasteiger partial charge in [0, 0.05) is 16.3 Å². The molecule has 1 saturated carbocycles. The maximum Gasteiger partial charge on any atom is 0.259 e. The van der Waals surface area contributed by atoms with Crippen LogP contribution in [0.25, 0.3) is 11.3 Å². The van der Waals surface area contributed by atoms with Crippen LogP contribution in [0, 0.1) is 23.0 Å². The molecule has 1 saturated heterocycles. The van der Waals surface area contributed by atoms with Gasteiger partial charge in [0.05, 0.1) is 36.6 Å². The van der Waals surface area contributed by atoms with E-state index in [1.165, 1.54) is 29.3 Å². The molecule has 1 aliphatic carbocycles. The van der Waals surface area contributed by atoms with Crippen LogP contribution in [0.2, 0.25) is 10.0 Å². The molecule has 0 unspecified atom stereocenters. The Morgan fingerprint density at radius 3 is 2.45 bits per heavy atom. The number of nitriles is 1. The van der Waals surface area contributed by atoms with Crippen molar-refractivity contribution in [1.29, 1.82) is 5.26 Å². The molecule has 2 aliphatic rings. The van der Waals surface area contributed by atoms with E-state index in [9.17, 15) is 39.3 Å². The fourth-order valence-corrected chi connectivity index (χ4v) is 5.83. The van der Waals surface area contributed by atoms with Gasteiger partial charge in [0.1, 0.15) is 46.7 Å². The summed E-state index contributed by atoms with van der Waals surface area (Å²) in [5.74, 6) is -2.89. The lowest BCUT2D eigenvalue weighted by molar-refractivity contribution is -0.205. The highest BCUT2D eigenvalue weighted by molar-refractivity contribution is 6.31. The predicted molar refractivity (Wildman–Crippen MR) is 144 cm³/mol. The molecule has 2 aromatic carbocycles. The number of rotatable bonds is 6. The number of carbonyl (C=O) groups excluding carboxylic acids is 1. The molecule has 4 N–H and O–H groups in total. The van der Waals surface area contributed by atoms with E-state index in [1.807, 2.05) is 6.07 Å². The number of aliphatic hydroxyl groups excluding tert-OH is 4. The molecule has 3 aromatic rings. The third-order valence-electron chi connectivity index (χ3n) is 7.53. The van der Waals surface area contributed by atoms with Crippen molar-refractivity contribution in [1.82, 2.24) is 15.0 Å². The average Bonchev–Trinajstić information content (AvgIpc) is 3.61. The minimum atomic E-state index is -1.78. The first-order chi connectivity index (χ1) is 20.0. The van der Waals surface area contributed by atoms with Gasteiger partial charge in [0.2, 0.25) is 0 Å². The second kappa shape index (κ2) is 12.2. The predicted octanol–water partition coefficient (Wildman–Crippen LogP) is 2.37. The molecule has 2 heterocycles. The Morgan fingerprint density at radius 1 is 1.12 bits per heavy atom. The normalized spacial score (nSPS) is 27.5. The van der Waals surface area contributed by atoms with Crippen molar-refractivity contribution in [2.45, 2.75) is 61.9 Å². The van der Waals surface area contributed by atoms with Crippen LogP contribution in [0.3, 0.4) is 0 Å². The first kappa shape index (κ1) is 30.2. The minimum absolute atomic E-state index is 0.0290. The summed E-state index contributed by atoms with van der Waals surface area (Å²) in [5.41, 5.74) is 0.277. The highest BCUT2D eigenvalue weighted by atomic mass is 35.5. The molecule has 0 spiro atoms. The summed E-state index contributed by atoms with van der Waals surface area (Å²) in [7, 11) is 0. The van der Waals surface area contributed by atoms with Crippen molar-refractivity contribution in [3.8, 4) is 17.3 Å². The Hall–Kier alpha value is -3.22. The fourth-order valence-electron chi connectivity index (χ4n) is 5.50. The lowest BCUT2D eigenvalue weighted by Crippen LogP contribution is -2.62. The molecule has 7 atom stereocenters. The van der Waals surface area contributed by atoms with Crippen LogP contribution >= 0.6 is 23.2 Å². The third-order valence-corrected chi connectivity index (χ3v) is 8.11. The topological polar surface area (TPSA) is 165 Å². The van der Waals surface area contributed by atoms with E-state index >= 15 is 0 Å². The number of aliphatic hydroxyl groups is 4. The summed E-state index contributed by atoms with van der Waals surface area (Å²) >= 11 is 11.8. The zero-order valence-electron chi connectivity index (χ0n) is 21.7. The minimum Gasteiger partial charge on any atom is -0.394 e. The monoisotopic (exact) mass is 623 g/mol. The second-order valence-electron chi connectivity index (χ2n) is 10.2.